The summed E-state index contributed by atoms with van der Waals surface area (Å²) < 4.78 is 5.93. The number of benzene rings is 1. The molecule has 1 aromatic rings. The highest BCUT2D eigenvalue weighted by Gasteiger charge is 2.27. The first-order chi connectivity index (χ1) is 7.25. The number of ether oxygens (including phenoxy) is 1. The molecule has 0 amide bonds. The van der Waals surface area contributed by atoms with E-state index in [0.29, 0.717) is 12.1 Å². The fourth-order valence-electron chi connectivity index (χ4n) is 2.19. The van der Waals surface area contributed by atoms with E-state index in [-0.39, 0.29) is 0 Å². The Kier molecular flexibility index (Phi) is 3.27. The second-order valence-electron chi connectivity index (χ2n) is 4.48. The SMILES string of the molecule is CN(C)C1CCC(Oc2ccccc2)C1. The summed E-state index contributed by atoms with van der Waals surface area (Å²) in [5.41, 5.74) is 0. The summed E-state index contributed by atoms with van der Waals surface area (Å²) in [4.78, 5) is 2.30. The van der Waals surface area contributed by atoms with Crippen molar-refractivity contribution >= 4 is 0 Å². The normalized spacial score (nSPS) is 25.8. The van der Waals surface area contributed by atoms with Crippen LogP contribution in [0.1, 0.15) is 19.3 Å². The highest BCUT2D eigenvalue weighted by Crippen LogP contribution is 2.26. The van der Waals surface area contributed by atoms with Gasteiger partial charge in [-0.2, -0.15) is 0 Å². The highest BCUT2D eigenvalue weighted by atomic mass is 16.5. The van der Waals surface area contributed by atoms with Crippen molar-refractivity contribution in [2.75, 3.05) is 14.1 Å². The lowest BCUT2D eigenvalue weighted by Gasteiger charge is -2.19. The lowest BCUT2D eigenvalue weighted by Crippen LogP contribution is -2.26. The topological polar surface area (TPSA) is 12.5 Å². The minimum absolute atomic E-state index is 0.403. The summed E-state index contributed by atoms with van der Waals surface area (Å²) in [5, 5.41) is 0. The molecule has 1 aliphatic carbocycles. The molecule has 0 heterocycles. The summed E-state index contributed by atoms with van der Waals surface area (Å²) in [5.74, 6) is 1.00. The van der Waals surface area contributed by atoms with Crippen LogP contribution in [0, 0.1) is 0 Å². The molecule has 1 aromatic carbocycles. The summed E-state index contributed by atoms with van der Waals surface area (Å²) in [6, 6.07) is 10.8. The molecule has 2 atom stereocenters. The first kappa shape index (κ1) is 10.5. The third kappa shape index (κ3) is 2.72. The molecule has 0 N–H and O–H groups in total. The average Bonchev–Trinajstić information content (AvgIpc) is 2.68. The fourth-order valence-corrected chi connectivity index (χ4v) is 2.19. The van der Waals surface area contributed by atoms with Crippen molar-refractivity contribution in [2.45, 2.75) is 31.4 Å². The molecule has 0 bridgehead atoms. The smallest absolute Gasteiger partial charge is 0.119 e. The van der Waals surface area contributed by atoms with Gasteiger partial charge in [0.1, 0.15) is 11.9 Å². The fraction of sp³-hybridized carbons (Fsp3) is 0.538. The average molecular weight is 205 g/mol. The molecule has 0 spiro atoms. The van der Waals surface area contributed by atoms with Gasteiger partial charge in [-0.15, -0.1) is 0 Å². The zero-order chi connectivity index (χ0) is 10.7. The Hall–Kier alpha value is -1.02. The van der Waals surface area contributed by atoms with Crippen LogP contribution in [-0.4, -0.2) is 31.1 Å². The van der Waals surface area contributed by atoms with E-state index in [1.54, 1.807) is 0 Å². The van der Waals surface area contributed by atoms with Crippen molar-refractivity contribution in [1.29, 1.82) is 0 Å². The zero-order valence-corrected chi connectivity index (χ0v) is 9.52. The maximum Gasteiger partial charge on any atom is 0.119 e. The predicted octanol–water partition coefficient (Wildman–Crippen LogP) is 2.55. The second kappa shape index (κ2) is 4.67. The molecule has 2 nitrogen and oxygen atoms in total. The molecule has 1 saturated carbocycles. The first-order valence-corrected chi connectivity index (χ1v) is 5.64. The number of hydrogen-bond acceptors (Lipinski definition) is 2. The van der Waals surface area contributed by atoms with E-state index in [1.165, 1.54) is 12.8 Å². The second-order valence-corrected chi connectivity index (χ2v) is 4.48. The van der Waals surface area contributed by atoms with Gasteiger partial charge in [0.05, 0.1) is 0 Å². The molecular formula is C13H19NO. The van der Waals surface area contributed by atoms with E-state index in [9.17, 15) is 0 Å². The van der Waals surface area contributed by atoms with Gasteiger partial charge in [-0.3, -0.25) is 0 Å². The molecule has 1 fully saturated rings. The van der Waals surface area contributed by atoms with Gasteiger partial charge in [0.25, 0.3) is 0 Å². The van der Waals surface area contributed by atoms with E-state index in [1.807, 2.05) is 30.3 Å². The minimum Gasteiger partial charge on any atom is -0.490 e. The van der Waals surface area contributed by atoms with Gasteiger partial charge in [-0.1, -0.05) is 18.2 Å². The Morgan fingerprint density at radius 1 is 1.13 bits per heavy atom. The van der Waals surface area contributed by atoms with Crippen molar-refractivity contribution in [2.24, 2.45) is 0 Å². The van der Waals surface area contributed by atoms with Crippen LogP contribution in [0.25, 0.3) is 0 Å². The summed E-state index contributed by atoms with van der Waals surface area (Å²) >= 11 is 0. The monoisotopic (exact) mass is 205 g/mol. The Morgan fingerprint density at radius 3 is 2.47 bits per heavy atom. The van der Waals surface area contributed by atoms with Crippen LogP contribution in [0.4, 0.5) is 0 Å². The molecular weight excluding hydrogens is 186 g/mol. The maximum absolute atomic E-state index is 5.93. The largest absolute Gasteiger partial charge is 0.490 e. The Morgan fingerprint density at radius 2 is 1.87 bits per heavy atom. The van der Waals surface area contributed by atoms with Crippen molar-refractivity contribution in [3.63, 3.8) is 0 Å². The van der Waals surface area contributed by atoms with E-state index >= 15 is 0 Å². The van der Waals surface area contributed by atoms with Crippen LogP contribution in [0.2, 0.25) is 0 Å². The third-order valence-corrected chi connectivity index (χ3v) is 3.13. The molecule has 0 saturated heterocycles. The standard InChI is InChI=1S/C13H19NO/c1-14(2)11-8-9-13(10-11)15-12-6-4-3-5-7-12/h3-7,11,13H,8-10H2,1-2H3. The molecule has 0 radical (unpaired) electrons. The molecule has 1 aliphatic rings. The molecule has 2 heteroatoms. The van der Waals surface area contributed by atoms with Gasteiger partial charge in [-0.05, 0) is 45.5 Å². The van der Waals surface area contributed by atoms with E-state index in [0.717, 1.165) is 12.2 Å². The number of para-hydroxylation sites is 1. The quantitative estimate of drug-likeness (QED) is 0.752. The lowest BCUT2D eigenvalue weighted by molar-refractivity contribution is 0.193. The van der Waals surface area contributed by atoms with Crippen molar-refractivity contribution in [3.8, 4) is 5.75 Å². The van der Waals surface area contributed by atoms with Gasteiger partial charge in [-0.25, -0.2) is 0 Å². The van der Waals surface area contributed by atoms with Crippen LogP contribution in [-0.2, 0) is 0 Å². The van der Waals surface area contributed by atoms with E-state index < -0.39 is 0 Å². The van der Waals surface area contributed by atoms with Gasteiger partial charge in [0, 0.05) is 6.04 Å². The highest BCUT2D eigenvalue weighted by molar-refractivity contribution is 5.21. The maximum atomic E-state index is 5.93. The molecule has 0 aromatic heterocycles. The number of rotatable bonds is 3. The molecule has 82 valence electrons. The zero-order valence-electron chi connectivity index (χ0n) is 9.52. The summed E-state index contributed by atoms with van der Waals surface area (Å²) in [6.45, 7) is 0. The number of nitrogens with zero attached hydrogens (tertiary/aromatic N) is 1. The third-order valence-electron chi connectivity index (χ3n) is 3.13. The lowest BCUT2D eigenvalue weighted by atomic mass is 10.2. The van der Waals surface area contributed by atoms with Crippen molar-refractivity contribution < 1.29 is 4.74 Å². The van der Waals surface area contributed by atoms with Crippen LogP contribution >= 0.6 is 0 Å². The minimum atomic E-state index is 0.403. The van der Waals surface area contributed by atoms with Crippen LogP contribution < -0.4 is 4.74 Å². The van der Waals surface area contributed by atoms with Gasteiger partial charge in [0.15, 0.2) is 0 Å². The van der Waals surface area contributed by atoms with Crippen LogP contribution in [0.5, 0.6) is 5.75 Å². The van der Waals surface area contributed by atoms with Gasteiger partial charge < -0.3 is 9.64 Å². The van der Waals surface area contributed by atoms with Crippen LogP contribution in [0.15, 0.2) is 30.3 Å². The molecule has 15 heavy (non-hydrogen) atoms. The van der Waals surface area contributed by atoms with E-state index in [4.69, 9.17) is 4.74 Å². The summed E-state index contributed by atoms with van der Waals surface area (Å²) in [6.07, 6.45) is 3.99. The van der Waals surface area contributed by atoms with Crippen molar-refractivity contribution in [3.05, 3.63) is 30.3 Å². The Bertz CT molecular complexity index is 297. The molecule has 0 aliphatic heterocycles. The first-order valence-electron chi connectivity index (χ1n) is 5.64. The van der Waals surface area contributed by atoms with Gasteiger partial charge >= 0.3 is 0 Å². The Labute approximate surface area is 91.9 Å². The number of hydrogen-bond donors (Lipinski definition) is 0. The molecule has 2 rings (SSSR count). The van der Waals surface area contributed by atoms with Crippen LogP contribution in [0.3, 0.4) is 0 Å². The van der Waals surface area contributed by atoms with Gasteiger partial charge in [0.2, 0.25) is 0 Å². The molecule has 2 unspecified atom stereocenters. The predicted molar refractivity (Wildman–Crippen MR) is 62.2 cm³/mol. The van der Waals surface area contributed by atoms with Crippen molar-refractivity contribution in [1.82, 2.24) is 4.90 Å². The van der Waals surface area contributed by atoms with E-state index in [2.05, 4.69) is 19.0 Å². The Balaban J connectivity index is 1.88. The summed E-state index contributed by atoms with van der Waals surface area (Å²) in [7, 11) is 4.30.